The van der Waals surface area contributed by atoms with E-state index < -0.39 is 0 Å². The van der Waals surface area contributed by atoms with Crippen molar-refractivity contribution in [3.05, 3.63) is 59.2 Å². The van der Waals surface area contributed by atoms with E-state index in [-0.39, 0.29) is 36.0 Å². The lowest BCUT2D eigenvalue weighted by atomic mass is 10.1. The summed E-state index contributed by atoms with van der Waals surface area (Å²) in [6.45, 7) is 6.26. The van der Waals surface area contributed by atoms with Crippen molar-refractivity contribution in [1.82, 2.24) is 16.0 Å². The topological polar surface area (TPSA) is 84.0 Å². The average Bonchev–Trinajstić information content (AvgIpc) is 3.12. The van der Waals surface area contributed by atoms with Crippen molar-refractivity contribution in [3.63, 3.8) is 0 Å². The first-order chi connectivity index (χ1) is 14.6. The SMILES string of the molecule is CCOc1cc2c(cc1CNC(=NC)NCCNC(=O)c1ccccc1)OC(C)C2.I. The maximum Gasteiger partial charge on any atom is 0.251 e. The second-order valence-corrected chi connectivity index (χ2v) is 7.11. The summed E-state index contributed by atoms with van der Waals surface area (Å²) >= 11 is 0. The summed E-state index contributed by atoms with van der Waals surface area (Å²) in [6, 6.07) is 13.3. The van der Waals surface area contributed by atoms with Gasteiger partial charge in [-0.1, -0.05) is 18.2 Å². The highest BCUT2D eigenvalue weighted by molar-refractivity contribution is 14.0. The number of aliphatic imine (C=N–C) groups is 1. The van der Waals surface area contributed by atoms with Crippen molar-refractivity contribution < 1.29 is 14.3 Å². The van der Waals surface area contributed by atoms with Gasteiger partial charge in [-0.25, -0.2) is 0 Å². The maximum atomic E-state index is 12.1. The van der Waals surface area contributed by atoms with E-state index >= 15 is 0 Å². The number of benzene rings is 2. The van der Waals surface area contributed by atoms with Gasteiger partial charge in [0, 0.05) is 49.8 Å². The molecule has 0 saturated carbocycles. The lowest BCUT2D eigenvalue weighted by Gasteiger charge is -2.16. The van der Waals surface area contributed by atoms with E-state index in [2.05, 4.69) is 33.9 Å². The molecule has 1 amide bonds. The molecule has 7 nitrogen and oxygen atoms in total. The monoisotopic (exact) mass is 538 g/mol. The Morgan fingerprint density at radius 2 is 1.90 bits per heavy atom. The van der Waals surface area contributed by atoms with Crippen LogP contribution in [0.15, 0.2) is 47.5 Å². The van der Waals surface area contributed by atoms with E-state index in [9.17, 15) is 4.79 Å². The van der Waals surface area contributed by atoms with Crippen LogP contribution in [-0.2, 0) is 13.0 Å². The molecule has 3 N–H and O–H groups in total. The predicted molar refractivity (Wildman–Crippen MR) is 134 cm³/mol. The molecule has 0 spiro atoms. The highest BCUT2D eigenvalue weighted by Crippen LogP contribution is 2.35. The molecule has 1 aliphatic rings. The standard InChI is InChI=1S/C23H30N4O3.HI/c1-4-29-20-13-18-12-16(2)30-21(18)14-19(20)15-27-23(24-3)26-11-10-25-22(28)17-8-6-5-7-9-17;/h5-9,13-14,16H,4,10-12,15H2,1-3H3,(H,25,28)(H2,24,26,27);1H. The highest BCUT2D eigenvalue weighted by Gasteiger charge is 2.21. The number of carbonyl (C=O) groups excluding carboxylic acids is 1. The molecule has 2 aromatic carbocycles. The van der Waals surface area contributed by atoms with Gasteiger partial charge in [-0.05, 0) is 38.1 Å². The van der Waals surface area contributed by atoms with Crippen LogP contribution in [0.2, 0.25) is 0 Å². The molecule has 0 aromatic heterocycles. The summed E-state index contributed by atoms with van der Waals surface area (Å²) < 4.78 is 11.7. The minimum Gasteiger partial charge on any atom is -0.494 e. The summed E-state index contributed by atoms with van der Waals surface area (Å²) in [7, 11) is 1.72. The van der Waals surface area contributed by atoms with Gasteiger partial charge in [0.1, 0.15) is 17.6 Å². The summed E-state index contributed by atoms with van der Waals surface area (Å²) in [5.74, 6) is 2.36. The zero-order valence-electron chi connectivity index (χ0n) is 18.2. The van der Waals surface area contributed by atoms with Crippen LogP contribution in [0.5, 0.6) is 11.5 Å². The first kappa shape index (κ1) is 24.8. The van der Waals surface area contributed by atoms with Crippen molar-refractivity contribution in [2.24, 2.45) is 4.99 Å². The number of guanidine groups is 1. The smallest absolute Gasteiger partial charge is 0.251 e. The molecule has 0 aliphatic carbocycles. The number of ether oxygens (including phenoxy) is 2. The van der Waals surface area contributed by atoms with Gasteiger partial charge in [0.2, 0.25) is 0 Å². The van der Waals surface area contributed by atoms with Crippen LogP contribution in [-0.4, -0.2) is 44.7 Å². The minimum atomic E-state index is -0.0888. The van der Waals surface area contributed by atoms with Gasteiger partial charge in [-0.3, -0.25) is 9.79 Å². The van der Waals surface area contributed by atoms with Gasteiger partial charge in [-0.15, -0.1) is 24.0 Å². The van der Waals surface area contributed by atoms with Gasteiger partial charge < -0.3 is 25.4 Å². The lowest BCUT2D eigenvalue weighted by Crippen LogP contribution is -2.41. The molecule has 1 aliphatic heterocycles. The van der Waals surface area contributed by atoms with E-state index in [1.54, 1.807) is 19.2 Å². The van der Waals surface area contributed by atoms with Crippen molar-refractivity contribution in [2.45, 2.75) is 32.9 Å². The van der Waals surface area contributed by atoms with E-state index in [1.165, 1.54) is 5.56 Å². The highest BCUT2D eigenvalue weighted by atomic mass is 127. The minimum absolute atomic E-state index is 0. The van der Waals surface area contributed by atoms with Crippen molar-refractivity contribution in [2.75, 3.05) is 26.7 Å². The summed E-state index contributed by atoms with van der Waals surface area (Å²) in [4.78, 5) is 16.3. The molecule has 3 rings (SSSR count). The molecule has 0 bridgehead atoms. The normalized spacial score (nSPS) is 14.7. The molecular weight excluding hydrogens is 507 g/mol. The Labute approximate surface area is 201 Å². The number of hydrogen-bond donors (Lipinski definition) is 3. The summed E-state index contributed by atoms with van der Waals surface area (Å²) in [5.41, 5.74) is 2.85. The van der Waals surface area contributed by atoms with Crippen molar-refractivity contribution in [3.8, 4) is 11.5 Å². The zero-order valence-corrected chi connectivity index (χ0v) is 20.6. The van der Waals surface area contributed by atoms with Gasteiger partial charge in [0.15, 0.2) is 5.96 Å². The number of amides is 1. The maximum absolute atomic E-state index is 12.1. The second kappa shape index (κ2) is 12.4. The number of carbonyl (C=O) groups is 1. The predicted octanol–water partition coefficient (Wildman–Crippen LogP) is 3.12. The fourth-order valence-corrected chi connectivity index (χ4v) is 3.36. The molecule has 0 radical (unpaired) electrons. The molecule has 2 aromatic rings. The summed E-state index contributed by atoms with van der Waals surface area (Å²) in [5, 5.41) is 9.40. The van der Waals surface area contributed by atoms with Gasteiger partial charge in [0.05, 0.1) is 6.61 Å². The third-order valence-corrected chi connectivity index (χ3v) is 4.79. The van der Waals surface area contributed by atoms with Crippen molar-refractivity contribution in [1.29, 1.82) is 0 Å². The third-order valence-electron chi connectivity index (χ3n) is 4.79. The molecule has 1 heterocycles. The largest absolute Gasteiger partial charge is 0.494 e. The Bertz CT molecular complexity index is 890. The van der Waals surface area contributed by atoms with Crippen LogP contribution in [0.1, 0.15) is 35.3 Å². The molecule has 31 heavy (non-hydrogen) atoms. The first-order valence-corrected chi connectivity index (χ1v) is 10.3. The van der Waals surface area contributed by atoms with Gasteiger partial charge >= 0.3 is 0 Å². The number of nitrogens with one attached hydrogen (secondary N) is 3. The van der Waals surface area contributed by atoms with Crippen LogP contribution < -0.4 is 25.4 Å². The molecule has 1 unspecified atom stereocenters. The number of hydrogen-bond acceptors (Lipinski definition) is 4. The Balaban J connectivity index is 0.00000341. The van der Waals surface area contributed by atoms with E-state index in [0.29, 0.717) is 37.8 Å². The van der Waals surface area contributed by atoms with Crippen LogP contribution in [0.3, 0.4) is 0 Å². The molecule has 0 saturated heterocycles. The fourth-order valence-electron chi connectivity index (χ4n) is 3.36. The van der Waals surface area contributed by atoms with Crippen LogP contribution >= 0.6 is 24.0 Å². The van der Waals surface area contributed by atoms with Crippen LogP contribution in [0, 0.1) is 0 Å². The van der Waals surface area contributed by atoms with E-state index in [1.807, 2.05) is 31.2 Å². The number of fused-ring (bicyclic) bond motifs is 1. The molecular formula is C23H31IN4O3. The van der Waals surface area contributed by atoms with Crippen molar-refractivity contribution >= 4 is 35.8 Å². The number of nitrogens with zero attached hydrogens (tertiary/aromatic N) is 1. The average molecular weight is 538 g/mol. The molecule has 8 heteroatoms. The zero-order chi connectivity index (χ0) is 21.3. The van der Waals surface area contributed by atoms with E-state index in [0.717, 1.165) is 23.5 Å². The Kier molecular flexibility index (Phi) is 9.90. The number of rotatable bonds is 8. The number of halogens is 1. The molecule has 168 valence electrons. The second-order valence-electron chi connectivity index (χ2n) is 7.11. The van der Waals surface area contributed by atoms with Gasteiger partial charge in [0.25, 0.3) is 5.91 Å². The molecule has 0 fully saturated rings. The Morgan fingerprint density at radius 3 is 2.61 bits per heavy atom. The first-order valence-electron chi connectivity index (χ1n) is 10.3. The molecule has 1 atom stereocenters. The van der Waals surface area contributed by atoms with Crippen LogP contribution in [0.4, 0.5) is 0 Å². The van der Waals surface area contributed by atoms with E-state index in [4.69, 9.17) is 9.47 Å². The van der Waals surface area contributed by atoms with Gasteiger partial charge in [-0.2, -0.15) is 0 Å². The third kappa shape index (κ3) is 7.02. The fraction of sp³-hybridized carbons (Fsp3) is 0.391. The summed E-state index contributed by atoms with van der Waals surface area (Å²) in [6.07, 6.45) is 1.10. The van der Waals surface area contributed by atoms with Crippen LogP contribution in [0.25, 0.3) is 0 Å². The Hall–Kier alpha value is -2.49. The Morgan fingerprint density at radius 1 is 1.16 bits per heavy atom. The lowest BCUT2D eigenvalue weighted by molar-refractivity contribution is 0.0954. The quantitative estimate of drug-likeness (QED) is 0.208.